The highest BCUT2D eigenvalue weighted by atomic mass is 35.5. The summed E-state index contributed by atoms with van der Waals surface area (Å²) in [6, 6.07) is 13.8. The van der Waals surface area contributed by atoms with Crippen LogP contribution in [-0.4, -0.2) is 9.55 Å². The van der Waals surface area contributed by atoms with Crippen molar-refractivity contribution in [3.63, 3.8) is 0 Å². The van der Waals surface area contributed by atoms with E-state index in [1.807, 2.05) is 36.4 Å². The van der Waals surface area contributed by atoms with Crippen LogP contribution in [0.25, 0.3) is 11.0 Å². The molecule has 108 valence electrons. The zero-order valence-electron chi connectivity index (χ0n) is 12.0. The first-order valence-electron chi connectivity index (χ1n) is 7.17. The van der Waals surface area contributed by atoms with Crippen molar-refractivity contribution in [2.75, 3.05) is 5.73 Å². The Morgan fingerprint density at radius 3 is 2.76 bits per heavy atom. The van der Waals surface area contributed by atoms with E-state index in [0.717, 1.165) is 52.5 Å². The van der Waals surface area contributed by atoms with Gasteiger partial charge in [-0.05, 0) is 36.2 Å². The summed E-state index contributed by atoms with van der Waals surface area (Å²) in [5.41, 5.74) is 9.84. The predicted molar refractivity (Wildman–Crippen MR) is 88.7 cm³/mol. The largest absolute Gasteiger partial charge is 0.399 e. The van der Waals surface area contributed by atoms with Crippen LogP contribution in [0.4, 0.5) is 5.69 Å². The summed E-state index contributed by atoms with van der Waals surface area (Å²) in [7, 11) is 0. The first-order valence-corrected chi connectivity index (χ1v) is 7.55. The zero-order valence-corrected chi connectivity index (χ0v) is 12.8. The summed E-state index contributed by atoms with van der Waals surface area (Å²) in [5.74, 6) is 1.08. The summed E-state index contributed by atoms with van der Waals surface area (Å²) >= 11 is 6.29. The third kappa shape index (κ3) is 2.74. The maximum absolute atomic E-state index is 6.29. The van der Waals surface area contributed by atoms with Crippen LogP contribution in [0.2, 0.25) is 5.02 Å². The Balaban J connectivity index is 2.12. The van der Waals surface area contributed by atoms with Crippen molar-refractivity contribution in [1.29, 1.82) is 0 Å². The molecule has 1 heterocycles. The van der Waals surface area contributed by atoms with Crippen LogP contribution < -0.4 is 5.73 Å². The number of rotatable bonds is 4. The lowest BCUT2D eigenvalue weighted by molar-refractivity contribution is 0.722. The molecule has 0 aliphatic heterocycles. The second-order valence-corrected chi connectivity index (χ2v) is 5.61. The lowest BCUT2D eigenvalue weighted by Crippen LogP contribution is -2.05. The molecule has 0 saturated carbocycles. The molecule has 0 fully saturated rings. The van der Waals surface area contributed by atoms with Crippen molar-refractivity contribution in [2.45, 2.75) is 26.3 Å². The number of anilines is 1. The van der Waals surface area contributed by atoms with E-state index in [1.165, 1.54) is 0 Å². The molecule has 0 amide bonds. The van der Waals surface area contributed by atoms with Gasteiger partial charge in [-0.1, -0.05) is 36.7 Å². The molecule has 3 aromatic rings. The standard InChI is InChI=1S/C17H18ClN3/c1-2-5-17-20-15-9-8-13(19)10-16(15)21(17)11-12-6-3-4-7-14(12)18/h3-4,6-10H,2,5,11,19H2,1H3. The number of benzene rings is 2. The van der Waals surface area contributed by atoms with Crippen LogP contribution in [-0.2, 0) is 13.0 Å². The maximum Gasteiger partial charge on any atom is 0.110 e. The Labute approximate surface area is 129 Å². The number of nitrogens with two attached hydrogens (primary N) is 1. The highest BCUT2D eigenvalue weighted by Gasteiger charge is 2.12. The van der Waals surface area contributed by atoms with Gasteiger partial charge in [0.2, 0.25) is 0 Å². The van der Waals surface area contributed by atoms with Crippen molar-refractivity contribution < 1.29 is 0 Å². The lowest BCUT2D eigenvalue weighted by Gasteiger charge is -2.10. The van der Waals surface area contributed by atoms with Crippen molar-refractivity contribution in [1.82, 2.24) is 9.55 Å². The van der Waals surface area contributed by atoms with Crippen molar-refractivity contribution in [2.24, 2.45) is 0 Å². The molecule has 0 atom stereocenters. The minimum Gasteiger partial charge on any atom is -0.399 e. The average molecular weight is 300 g/mol. The van der Waals surface area contributed by atoms with Crippen LogP contribution in [0.5, 0.6) is 0 Å². The quantitative estimate of drug-likeness (QED) is 0.731. The first-order chi connectivity index (χ1) is 10.2. The van der Waals surface area contributed by atoms with E-state index in [-0.39, 0.29) is 0 Å². The fourth-order valence-corrected chi connectivity index (χ4v) is 2.77. The summed E-state index contributed by atoms with van der Waals surface area (Å²) in [6.45, 7) is 2.88. The molecule has 0 unspecified atom stereocenters. The molecule has 0 spiro atoms. The summed E-state index contributed by atoms with van der Waals surface area (Å²) < 4.78 is 2.22. The van der Waals surface area contributed by atoms with E-state index >= 15 is 0 Å². The molecule has 2 N–H and O–H groups in total. The van der Waals surface area contributed by atoms with Gasteiger partial charge in [0.05, 0.1) is 17.6 Å². The first kappa shape index (κ1) is 14.0. The van der Waals surface area contributed by atoms with E-state index in [0.29, 0.717) is 0 Å². The molecule has 2 aromatic carbocycles. The van der Waals surface area contributed by atoms with Crippen molar-refractivity contribution >= 4 is 28.3 Å². The fraction of sp³-hybridized carbons (Fsp3) is 0.235. The number of fused-ring (bicyclic) bond motifs is 1. The number of aromatic nitrogens is 2. The fourth-order valence-electron chi connectivity index (χ4n) is 2.58. The van der Waals surface area contributed by atoms with Gasteiger partial charge >= 0.3 is 0 Å². The molecule has 0 bridgehead atoms. The SMILES string of the molecule is CCCc1nc2ccc(N)cc2n1Cc1ccccc1Cl. The van der Waals surface area contributed by atoms with Crippen molar-refractivity contribution in [3.8, 4) is 0 Å². The Morgan fingerprint density at radius 2 is 2.00 bits per heavy atom. The number of hydrogen-bond acceptors (Lipinski definition) is 2. The number of nitrogens with zero attached hydrogens (tertiary/aromatic N) is 2. The minimum absolute atomic E-state index is 0.717. The predicted octanol–water partition coefficient (Wildman–Crippen LogP) is 4.27. The van der Waals surface area contributed by atoms with Crippen LogP contribution >= 0.6 is 11.6 Å². The normalized spacial score (nSPS) is 11.1. The molecular weight excluding hydrogens is 282 g/mol. The number of nitrogen functional groups attached to an aromatic ring is 1. The van der Waals surface area contributed by atoms with Crippen LogP contribution in [0.1, 0.15) is 24.7 Å². The van der Waals surface area contributed by atoms with E-state index in [4.69, 9.17) is 22.3 Å². The second-order valence-electron chi connectivity index (χ2n) is 5.20. The topological polar surface area (TPSA) is 43.8 Å². The molecule has 4 heteroatoms. The van der Waals surface area contributed by atoms with Gasteiger partial charge in [-0.25, -0.2) is 4.98 Å². The van der Waals surface area contributed by atoms with Gasteiger partial charge in [0, 0.05) is 17.1 Å². The van der Waals surface area contributed by atoms with Gasteiger partial charge in [0.25, 0.3) is 0 Å². The summed E-state index contributed by atoms with van der Waals surface area (Å²) in [5, 5.41) is 0.783. The van der Waals surface area contributed by atoms with Gasteiger partial charge in [0.15, 0.2) is 0 Å². The minimum atomic E-state index is 0.717. The smallest absolute Gasteiger partial charge is 0.110 e. The Bertz CT molecular complexity index is 777. The van der Waals surface area contributed by atoms with Gasteiger partial charge in [-0.3, -0.25) is 0 Å². The zero-order chi connectivity index (χ0) is 14.8. The molecule has 21 heavy (non-hydrogen) atoms. The van der Waals surface area contributed by atoms with Crippen LogP contribution in [0.15, 0.2) is 42.5 Å². The molecule has 0 aliphatic carbocycles. The van der Waals surface area contributed by atoms with Gasteiger partial charge in [0.1, 0.15) is 5.82 Å². The third-order valence-electron chi connectivity index (χ3n) is 3.61. The van der Waals surface area contributed by atoms with Gasteiger partial charge in [-0.2, -0.15) is 0 Å². The molecular formula is C17H18ClN3. The molecule has 3 nitrogen and oxygen atoms in total. The monoisotopic (exact) mass is 299 g/mol. The van der Waals surface area contributed by atoms with Crippen LogP contribution in [0, 0.1) is 0 Å². The summed E-state index contributed by atoms with van der Waals surface area (Å²) in [4.78, 5) is 4.73. The number of halogens is 1. The molecule has 0 radical (unpaired) electrons. The van der Waals surface area contributed by atoms with Gasteiger partial charge in [-0.15, -0.1) is 0 Å². The van der Waals surface area contributed by atoms with E-state index < -0.39 is 0 Å². The molecule has 1 aromatic heterocycles. The number of imidazole rings is 1. The molecule has 3 rings (SSSR count). The molecule has 0 aliphatic rings. The average Bonchev–Trinajstić information content (AvgIpc) is 2.79. The summed E-state index contributed by atoms with van der Waals surface area (Å²) in [6.07, 6.45) is 2.00. The van der Waals surface area contributed by atoms with Crippen LogP contribution in [0.3, 0.4) is 0 Å². The Morgan fingerprint density at radius 1 is 1.19 bits per heavy atom. The third-order valence-corrected chi connectivity index (χ3v) is 3.98. The lowest BCUT2D eigenvalue weighted by atomic mass is 10.2. The number of aryl methyl sites for hydroxylation is 1. The Hall–Kier alpha value is -2.00. The Kier molecular flexibility index (Phi) is 3.84. The van der Waals surface area contributed by atoms with Gasteiger partial charge < -0.3 is 10.3 Å². The highest BCUT2D eigenvalue weighted by molar-refractivity contribution is 6.31. The maximum atomic E-state index is 6.29. The van der Waals surface area contributed by atoms with E-state index in [1.54, 1.807) is 0 Å². The second kappa shape index (κ2) is 5.78. The van der Waals surface area contributed by atoms with Crippen molar-refractivity contribution in [3.05, 3.63) is 58.9 Å². The van der Waals surface area contributed by atoms with E-state index in [2.05, 4.69) is 17.6 Å². The van der Waals surface area contributed by atoms with E-state index in [9.17, 15) is 0 Å². The number of hydrogen-bond donors (Lipinski definition) is 1. The molecule has 0 saturated heterocycles. The highest BCUT2D eigenvalue weighted by Crippen LogP contribution is 2.24.